The highest BCUT2D eigenvalue weighted by molar-refractivity contribution is 5.91. The van der Waals surface area contributed by atoms with Crippen LogP contribution in [0.1, 0.15) is 16.1 Å². The van der Waals surface area contributed by atoms with E-state index in [9.17, 15) is 4.79 Å². The van der Waals surface area contributed by atoms with E-state index in [0.29, 0.717) is 5.69 Å². The fraction of sp³-hybridized carbons (Fsp3) is 0.167. The molecule has 1 aromatic carbocycles. The molecule has 0 N–H and O–H groups in total. The molecule has 0 bridgehead atoms. The third kappa shape index (κ3) is 1.68. The molecule has 1 heterocycles. The maximum Gasteiger partial charge on any atom is 0.356 e. The smallest absolute Gasteiger partial charge is 0.356 e. The predicted octanol–water partition coefficient (Wildman–Crippen LogP) is 2.33. The van der Waals surface area contributed by atoms with E-state index in [1.165, 1.54) is 7.11 Å². The number of aryl methyl sites for hydroxylation is 1. The van der Waals surface area contributed by atoms with Crippen molar-refractivity contribution in [3.05, 3.63) is 41.6 Å². The number of fused-ring (bicyclic) bond motifs is 1. The molecule has 0 aliphatic heterocycles. The zero-order valence-electron chi connectivity index (χ0n) is 8.65. The average molecular weight is 201 g/mol. The third-order valence-corrected chi connectivity index (χ3v) is 2.32. The van der Waals surface area contributed by atoms with E-state index in [4.69, 9.17) is 0 Å². The standard InChI is InChI=1S/C12H11NO2/c1-8-4-3-5-9-6-7-10(12(14)15-2)13-11(8)9/h3-7H,1-2H3. The molecule has 0 fully saturated rings. The number of ether oxygens (including phenoxy) is 1. The summed E-state index contributed by atoms with van der Waals surface area (Å²) in [4.78, 5) is 15.6. The molecule has 0 unspecified atom stereocenters. The first-order chi connectivity index (χ1) is 7.22. The summed E-state index contributed by atoms with van der Waals surface area (Å²) in [6.45, 7) is 1.97. The minimum atomic E-state index is -0.403. The van der Waals surface area contributed by atoms with Crippen LogP contribution in [0.5, 0.6) is 0 Å². The van der Waals surface area contributed by atoms with Crippen molar-refractivity contribution in [2.45, 2.75) is 6.92 Å². The van der Waals surface area contributed by atoms with Gasteiger partial charge in [0.2, 0.25) is 0 Å². The van der Waals surface area contributed by atoms with Crippen molar-refractivity contribution in [1.82, 2.24) is 4.98 Å². The highest BCUT2D eigenvalue weighted by atomic mass is 16.5. The van der Waals surface area contributed by atoms with Gasteiger partial charge in [0.05, 0.1) is 12.6 Å². The van der Waals surface area contributed by atoms with Gasteiger partial charge in [-0.3, -0.25) is 0 Å². The molecule has 0 spiro atoms. The van der Waals surface area contributed by atoms with Gasteiger partial charge in [0, 0.05) is 5.39 Å². The molecule has 3 nitrogen and oxygen atoms in total. The van der Waals surface area contributed by atoms with Gasteiger partial charge in [-0.2, -0.15) is 0 Å². The van der Waals surface area contributed by atoms with Crippen LogP contribution in [0.25, 0.3) is 10.9 Å². The molecule has 3 heteroatoms. The molecule has 1 aromatic heterocycles. The number of rotatable bonds is 1. The summed E-state index contributed by atoms with van der Waals surface area (Å²) in [6, 6.07) is 9.46. The number of hydrogen-bond acceptors (Lipinski definition) is 3. The van der Waals surface area contributed by atoms with Gasteiger partial charge in [-0.25, -0.2) is 9.78 Å². The van der Waals surface area contributed by atoms with Crippen molar-refractivity contribution < 1.29 is 9.53 Å². The second kappa shape index (κ2) is 3.69. The Labute approximate surface area is 87.7 Å². The molecule has 15 heavy (non-hydrogen) atoms. The first-order valence-corrected chi connectivity index (χ1v) is 4.67. The molecule has 0 saturated carbocycles. The Bertz CT molecular complexity index is 520. The maximum absolute atomic E-state index is 11.3. The molecular weight excluding hydrogens is 190 g/mol. The zero-order chi connectivity index (χ0) is 10.8. The average Bonchev–Trinajstić information content (AvgIpc) is 2.28. The zero-order valence-corrected chi connectivity index (χ0v) is 8.65. The molecule has 2 rings (SSSR count). The summed E-state index contributed by atoms with van der Waals surface area (Å²) in [7, 11) is 1.35. The molecule has 0 radical (unpaired) electrons. The molecule has 0 aliphatic rings. The van der Waals surface area contributed by atoms with Crippen LogP contribution >= 0.6 is 0 Å². The number of benzene rings is 1. The summed E-state index contributed by atoms with van der Waals surface area (Å²) in [6.07, 6.45) is 0. The van der Waals surface area contributed by atoms with Crippen molar-refractivity contribution in [1.29, 1.82) is 0 Å². The number of hydrogen-bond donors (Lipinski definition) is 0. The van der Waals surface area contributed by atoms with E-state index >= 15 is 0 Å². The van der Waals surface area contributed by atoms with Crippen molar-refractivity contribution in [2.24, 2.45) is 0 Å². The predicted molar refractivity (Wildman–Crippen MR) is 57.8 cm³/mol. The van der Waals surface area contributed by atoms with Crippen LogP contribution in [-0.4, -0.2) is 18.1 Å². The van der Waals surface area contributed by atoms with Crippen LogP contribution < -0.4 is 0 Å². The Morgan fingerprint density at radius 1 is 1.27 bits per heavy atom. The van der Waals surface area contributed by atoms with E-state index in [2.05, 4.69) is 9.72 Å². The number of carbonyl (C=O) groups excluding carboxylic acids is 1. The van der Waals surface area contributed by atoms with Crippen LogP contribution in [0.15, 0.2) is 30.3 Å². The number of pyridine rings is 1. The lowest BCUT2D eigenvalue weighted by molar-refractivity contribution is 0.0594. The Hall–Kier alpha value is -1.90. The number of nitrogens with zero attached hydrogens (tertiary/aromatic N) is 1. The fourth-order valence-electron chi connectivity index (χ4n) is 1.51. The van der Waals surface area contributed by atoms with Crippen LogP contribution in [0.2, 0.25) is 0 Å². The van der Waals surface area contributed by atoms with Gasteiger partial charge in [0.25, 0.3) is 0 Å². The Balaban J connectivity index is 2.64. The van der Waals surface area contributed by atoms with Gasteiger partial charge in [0.15, 0.2) is 0 Å². The van der Waals surface area contributed by atoms with Crippen LogP contribution in [-0.2, 0) is 4.74 Å². The highest BCUT2D eigenvalue weighted by Crippen LogP contribution is 2.16. The van der Waals surface area contributed by atoms with Crippen LogP contribution in [0.3, 0.4) is 0 Å². The summed E-state index contributed by atoms with van der Waals surface area (Å²) >= 11 is 0. The summed E-state index contributed by atoms with van der Waals surface area (Å²) in [5.41, 5.74) is 2.25. The normalized spacial score (nSPS) is 10.3. The summed E-state index contributed by atoms with van der Waals surface area (Å²) in [5, 5.41) is 1.03. The van der Waals surface area contributed by atoms with E-state index in [1.54, 1.807) is 6.07 Å². The highest BCUT2D eigenvalue weighted by Gasteiger charge is 2.08. The Morgan fingerprint density at radius 2 is 2.07 bits per heavy atom. The fourth-order valence-corrected chi connectivity index (χ4v) is 1.51. The number of carbonyl (C=O) groups is 1. The van der Waals surface area contributed by atoms with Crippen LogP contribution in [0.4, 0.5) is 0 Å². The minimum absolute atomic E-state index is 0.347. The van der Waals surface area contributed by atoms with Gasteiger partial charge < -0.3 is 4.74 Å². The molecule has 0 amide bonds. The van der Waals surface area contributed by atoms with E-state index in [1.807, 2.05) is 31.2 Å². The van der Waals surface area contributed by atoms with Gasteiger partial charge in [-0.05, 0) is 18.6 Å². The van der Waals surface area contributed by atoms with Gasteiger partial charge >= 0.3 is 5.97 Å². The second-order valence-electron chi connectivity index (χ2n) is 3.33. The lowest BCUT2D eigenvalue weighted by Crippen LogP contribution is -2.04. The van der Waals surface area contributed by atoms with Crippen molar-refractivity contribution in [3.63, 3.8) is 0 Å². The first kappa shape index (κ1) is 9.65. The van der Waals surface area contributed by atoms with Gasteiger partial charge in [-0.15, -0.1) is 0 Å². The van der Waals surface area contributed by atoms with Gasteiger partial charge in [0.1, 0.15) is 5.69 Å². The molecule has 2 aromatic rings. The number of esters is 1. The van der Waals surface area contributed by atoms with E-state index in [-0.39, 0.29) is 0 Å². The maximum atomic E-state index is 11.3. The summed E-state index contributed by atoms with van der Waals surface area (Å²) in [5.74, 6) is -0.403. The first-order valence-electron chi connectivity index (χ1n) is 4.67. The van der Waals surface area contributed by atoms with Gasteiger partial charge in [-0.1, -0.05) is 24.3 Å². The molecule has 0 aliphatic carbocycles. The minimum Gasteiger partial charge on any atom is -0.464 e. The molecule has 0 saturated heterocycles. The number of para-hydroxylation sites is 1. The molecular formula is C12H11NO2. The quantitative estimate of drug-likeness (QED) is 0.665. The molecule has 76 valence electrons. The second-order valence-corrected chi connectivity index (χ2v) is 3.33. The summed E-state index contributed by atoms with van der Waals surface area (Å²) < 4.78 is 4.62. The van der Waals surface area contributed by atoms with E-state index in [0.717, 1.165) is 16.5 Å². The lowest BCUT2D eigenvalue weighted by atomic mass is 10.1. The number of aromatic nitrogens is 1. The topological polar surface area (TPSA) is 39.2 Å². The third-order valence-electron chi connectivity index (χ3n) is 2.32. The number of methoxy groups -OCH3 is 1. The monoisotopic (exact) mass is 201 g/mol. The van der Waals surface area contributed by atoms with Crippen molar-refractivity contribution in [2.75, 3.05) is 7.11 Å². The van der Waals surface area contributed by atoms with E-state index < -0.39 is 5.97 Å². The lowest BCUT2D eigenvalue weighted by Gasteiger charge is -2.03. The molecule has 0 atom stereocenters. The van der Waals surface area contributed by atoms with Crippen molar-refractivity contribution >= 4 is 16.9 Å². The largest absolute Gasteiger partial charge is 0.464 e. The Kier molecular flexibility index (Phi) is 2.37. The van der Waals surface area contributed by atoms with Crippen molar-refractivity contribution in [3.8, 4) is 0 Å². The SMILES string of the molecule is COC(=O)c1ccc2cccc(C)c2n1. The van der Waals surface area contributed by atoms with Crippen LogP contribution in [0, 0.1) is 6.92 Å². The Morgan fingerprint density at radius 3 is 2.80 bits per heavy atom.